The van der Waals surface area contributed by atoms with Gasteiger partial charge in [-0.15, -0.1) is 0 Å². The van der Waals surface area contributed by atoms with Crippen LogP contribution in [-0.2, 0) is 6.54 Å². The highest BCUT2D eigenvalue weighted by Crippen LogP contribution is 2.20. The van der Waals surface area contributed by atoms with Crippen LogP contribution < -0.4 is 10.1 Å². The van der Waals surface area contributed by atoms with Gasteiger partial charge in [-0.05, 0) is 39.3 Å². The summed E-state index contributed by atoms with van der Waals surface area (Å²) in [6.45, 7) is 6.76. The molecule has 134 valence electrons. The Morgan fingerprint density at radius 1 is 1.48 bits per heavy atom. The number of aromatic amines is 1. The molecule has 3 rings (SSSR count). The minimum absolute atomic E-state index is 0.106. The molecule has 7 nitrogen and oxygen atoms in total. The van der Waals surface area contributed by atoms with Crippen LogP contribution in [-0.4, -0.2) is 52.0 Å². The highest BCUT2D eigenvalue weighted by atomic mass is 16.5. The lowest BCUT2D eigenvalue weighted by molar-refractivity contribution is 0.0830. The number of nitrogens with one attached hydrogen (secondary N) is 2. The van der Waals surface area contributed by atoms with E-state index in [9.17, 15) is 4.79 Å². The maximum Gasteiger partial charge on any atom is 0.269 e. The number of pyridine rings is 1. The molecule has 1 amide bonds. The predicted molar refractivity (Wildman–Crippen MR) is 94.6 cm³/mol. The third-order valence-electron chi connectivity index (χ3n) is 4.43. The number of hydrogen-bond donors (Lipinski definition) is 2. The van der Waals surface area contributed by atoms with Crippen LogP contribution in [0.1, 0.15) is 40.5 Å². The predicted octanol–water partition coefficient (Wildman–Crippen LogP) is 1.82. The van der Waals surface area contributed by atoms with Gasteiger partial charge in [0, 0.05) is 38.1 Å². The third-order valence-corrected chi connectivity index (χ3v) is 4.43. The summed E-state index contributed by atoms with van der Waals surface area (Å²) in [5.41, 5.74) is 2.60. The van der Waals surface area contributed by atoms with Gasteiger partial charge in [0.05, 0.1) is 5.69 Å². The SMILES string of the molecule is CNC(=O)c1cc(OC2CCCN(Cc3nc(C)[nH]c3C)C2)ccn1. The van der Waals surface area contributed by atoms with Crippen LogP contribution >= 0.6 is 0 Å². The van der Waals surface area contributed by atoms with Gasteiger partial charge in [0.2, 0.25) is 0 Å². The van der Waals surface area contributed by atoms with Crippen molar-refractivity contribution >= 4 is 5.91 Å². The summed E-state index contributed by atoms with van der Waals surface area (Å²) in [5.74, 6) is 1.43. The summed E-state index contributed by atoms with van der Waals surface area (Å²) < 4.78 is 6.10. The molecule has 2 aromatic heterocycles. The quantitative estimate of drug-likeness (QED) is 0.865. The maximum absolute atomic E-state index is 11.7. The molecule has 25 heavy (non-hydrogen) atoms. The average Bonchev–Trinajstić information content (AvgIpc) is 2.92. The molecule has 1 aliphatic heterocycles. The van der Waals surface area contributed by atoms with E-state index in [0.717, 1.165) is 49.7 Å². The first-order valence-electron chi connectivity index (χ1n) is 8.64. The van der Waals surface area contributed by atoms with Crippen LogP contribution in [0, 0.1) is 13.8 Å². The number of aryl methyl sites for hydroxylation is 2. The number of nitrogens with zero attached hydrogens (tertiary/aromatic N) is 3. The minimum Gasteiger partial charge on any atom is -0.489 e. The number of carbonyl (C=O) groups is 1. The number of carbonyl (C=O) groups excluding carboxylic acids is 1. The van der Waals surface area contributed by atoms with Gasteiger partial charge in [-0.3, -0.25) is 14.7 Å². The average molecular weight is 343 g/mol. The summed E-state index contributed by atoms with van der Waals surface area (Å²) in [6.07, 6.45) is 3.80. The first-order valence-corrected chi connectivity index (χ1v) is 8.64. The van der Waals surface area contributed by atoms with Crippen molar-refractivity contribution in [3.63, 3.8) is 0 Å². The number of hydrogen-bond acceptors (Lipinski definition) is 5. The number of piperidine rings is 1. The van der Waals surface area contributed by atoms with Gasteiger partial charge in [0.25, 0.3) is 5.91 Å². The maximum atomic E-state index is 11.7. The lowest BCUT2D eigenvalue weighted by Gasteiger charge is -2.32. The Morgan fingerprint density at radius 2 is 2.32 bits per heavy atom. The Kier molecular flexibility index (Phi) is 5.33. The number of imidazole rings is 1. The van der Waals surface area contributed by atoms with E-state index in [1.54, 1.807) is 25.4 Å². The van der Waals surface area contributed by atoms with Crippen LogP contribution in [0.4, 0.5) is 0 Å². The fourth-order valence-electron chi connectivity index (χ4n) is 3.21. The highest BCUT2D eigenvalue weighted by Gasteiger charge is 2.23. The Hall–Kier alpha value is -2.41. The smallest absolute Gasteiger partial charge is 0.269 e. The molecule has 3 heterocycles. The summed E-state index contributed by atoms with van der Waals surface area (Å²) in [7, 11) is 1.59. The van der Waals surface area contributed by atoms with Crippen molar-refractivity contribution < 1.29 is 9.53 Å². The molecule has 0 radical (unpaired) electrons. The van der Waals surface area contributed by atoms with Crippen LogP contribution in [0.3, 0.4) is 0 Å². The van der Waals surface area contributed by atoms with E-state index in [-0.39, 0.29) is 12.0 Å². The molecular formula is C18H25N5O2. The monoisotopic (exact) mass is 343 g/mol. The Labute approximate surface area is 147 Å². The van der Waals surface area contributed by atoms with E-state index in [2.05, 4.69) is 32.1 Å². The van der Waals surface area contributed by atoms with Gasteiger partial charge in [0.15, 0.2) is 0 Å². The van der Waals surface area contributed by atoms with Crippen molar-refractivity contribution in [1.29, 1.82) is 0 Å². The molecule has 1 saturated heterocycles. The van der Waals surface area contributed by atoms with E-state index < -0.39 is 0 Å². The highest BCUT2D eigenvalue weighted by molar-refractivity contribution is 5.92. The Balaban J connectivity index is 1.62. The molecular weight excluding hydrogens is 318 g/mol. The number of aromatic nitrogens is 3. The second kappa shape index (κ2) is 7.65. The zero-order valence-corrected chi connectivity index (χ0v) is 15.0. The molecule has 0 bridgehead atoms. The van der Waals surface area contributed by atoms with Crippen molar-refractivity contribution in [2.45, 2.75) is 39.3 Å². The lowest BCUT2D eigenvalue weighted by Crippen LogP contribution is -2.40. The van der Waals surface area contributed by atoms with Gasteiger partial charge in [-0.25, -0.2) is 4.98 Å². The molecule has 1 atom stereocenters. The molecule has 1 fully saturated rings. The second-order valence-electron chi connectivity index (χ2n) is 6.47. The zero-order chi connectivity index (χ0) is 17.8. The zero-order valence-electron chi connectivity index (χ0n) is 15.0. The summed E-state index contributed by atoms with van der Waals surface area (Å²) in [5, 5.41) is 2.58. The summed E-state index contributed by atoms with van der Waals surface area (Å²) in [6, 6.07) is 3.49. The van der Waals surface area contributed by atoms with Gasteiger partial charge in [-0.2, -0.15) is 0 Å². The van der Waals surface area contributed by atoms with E-state index in [4.69, 9.17) is 4.74 Å². The molecule has 0 spiro atoms. The number of rotatable bonds is 5. The Morgan fingerprint density at radius 3 is 3.04 bits per heavy atom. The number of ether oxygens (including phenoxy) is 1. The van der Waals surface area contributed by atoms with E-state index in [0.29, 0.717) is 11.4 Å². The van der Waals surface area contributed by atoms with Crippen molar-refractivity contribution in [2.24, 2.45) is 0 Å². The van der Waals surface area contributed by atoms with Crippen LogP contribution in [0.2, 0.25) is 0 Å². The fraction of sp³-hybridized carbons (Fsp3) is 0.500. The topological polar surface area (TPSA) is 83.1 Å². The largest absolute Gasteiger partial charge is 0.489 e. The summed E-state index contributed by atoms with van der Waals surface area (Å²) >= 11 is 0. The van der Waals surface area contributed by atoms with Gasteiger partial charge in [0.1, 0.15) is 23.4 Å². The standard InChI is InChI=1S/C18H25N5O2/c1-12-17(22-13(2)21-12)11-23-8-4-5-15(10-23)25-14-6-7-20-16(9-14)18(24)19-3/h6-7,9,15H,4-5,8,10-11H2,1-3H3,(H,19,24)(H,21,22). The lowest BCUT2D eigenvalue weighted by atomic mass is 10.1. The molecule has 1 unspecified atom stereocenters. The normalized spacial score (nSPS) is 18.1. The Bertz CT molecular complexity index is 743. The first kappa shape index (κ1) is 17.4. The second-order valence-corrected chi connectivity index (χ2v) is 6.47. The summed E-state index contributed by atoms with van der Waals surface area (Å²) in [4.78, 5) is 26.0. The van der Waals surface area contributed by atoms with Crippen molar-refractivity contribution in [2.75, 3.05) is 20.1 Å². The van der Waals surface area contributed by atoms with E-state index >= 15 is 0 Å². The first-order chi connectivity index (χ1) is 12.0. The fourth-order valence-corrected chi connectivity index (χ4v) is 3.21. The van der Waals surface area contributed by atoms with Gasteiger partial charge >= 0.3 is 0 Å². The number of H-pyrrole nitrogens is 1. The van der Waals surface area contributed by atoms with Crippen LogP contribution in [0.25, 0.3) is 0 Å². The van der Waals surface area contributed by atoms with E-state index in [1.807, 2.05) is 6.92 Å². The van der Waals surface area contributed by atoms with Gasteiger partial charge < -0.3 is 15.0 Å². The van der Waals surface area contributed by atoms with Gasteiger partial charge in [-0.1, -0.05) is 0 Å². The molecule has 1 aliphatic rings. The molecule has 0 aromatic carbocycles. The molecule has 2 aromatic rings. The molecule has 0 aliphatic carbocycles. The third kappa shape index (κ3) is 4.36. The molecule has 7 heteroatoms. The number of amides is 1. The van der Waals surface area contributed by atoms with Crippen LogP contribution in [0.5, 0.6) is 5.75 Å². The van der Waals surface area contributed by atoms with Crippen molar-refractivity contribution in [3.8, 4) is 5.75 Å². The minimum atomic E-state index is -0.208. The molecule has 2 N–H and O–H groups in total. The van der Waals surface area contributed by atoms with E-state index in [1.165, 1.54) is 0 Å². The number of likely N-dealkylation sites (tertiary alicyclic amines) is 1. The van der Waals surface area contributed by atoms with Crippen molar-refractivity contribution in [1.82, 2.24) is 25.2 Å². The molecule has 0 saturated carbocycles. The van der Waals surface area contributed by atoms with Crippen LogP contribution in [0.15, 0.2) is 18.3 Å². The van der Waals surface area contributed by atoms with Crippen molar-refractivity contribution in [3.05, 3.63) is 41.2 Å².